The second-order valence-electron chi connectivity index (χ2n) is 3.53. The molecule has 0 spiro atoms. The minimum absolute atomic E-state index is 0.833. The third-order valence-electron chi connectivity index (χ3n) is 2.31. The highest BCUT2D eigenvalue weighted by Crippen LogP contribution is 2.18. The van der Waals surface area contributed by atoms with Crippen molar-refractivity contribution in [2.45, 2.75) is 13.1 Å². The molecule has 1 aromatic carbocycles. The molecule has 0 atom stereocenters. The summed E-state index contributed by atoms with van der Waals surface area (Å²) in [5.74, 6) is 0. The minimum atomic E-state index is 0.833. The SMILES string of the molecule is Nc1ccsc1CNCc1ccc(Br)cc1. The van der Waals surface area contributed by atoms with Crippen molar-refractivity contribution in [3.63, 3.8) is 0 Å². The van der Waals surface area contributed by atoms with Gasteiger partial charge in [0.25, 0.3) is 0 Å². The van der Waals surface area contributed by atoms with Crippen LogP contribution >= 0.6 is 27.3 Å². The van der Waals surface area contributed by atoms with Gasteiger partial charge < -0.3 is 11.1 Å². The van der Waals surface area contributed by atoms with Crippen molar-refractivity contribution in [1.82, 2.24) is 5.32 Å². The van der Waals surface area contributed by atoms with E-state index in [1.165, 1.54) is 10.4 Å². The quantitative estimate of drug-likeness (QED) is 0.908. The van der Waals surface area contributed by atoms with Gasteiger partial charge in [-0.2, -0.15) is 0 Å². The maximum Gasteiger partial charge on any atom is 0.0468 e. The highest BCUT2D eigenvalue weighted by Gasteiger charge is 1.99. The number of thiophene rings is 1. The molecule has 2 nitrogen and oxygen atoms in total. The summed E-state index contributed by atoms with van der Waals surface area (Å²) < 4.78 is 1.11. The van der Waals surface area contributed by atoms with Gasteiger partial charge >= 0.3 is 0 Å². The van der Waals surface area contributed by atoms with Crippen LogP contribution in [0, 0.1) is 0 Å². The Kier molecular flexibility index (Phi) is 3.98. The van der Waals surface area contributed by atoms with Crippen molar-refractivity contribution < 1.29 is 0 Å². The van der Waals surface area contributed by atoms with Crippen molar-refractivity contribution in [1.29, 1.82) is 0 Å². The number of benzene rings is 1. The molecule has 4 heteroatoms. The summed E-state index contributed by atoms with van der Waals surface area (Å²) in [6, 6.07) is 10.3. The Morgan fingerprint density at radius 3 is 2.50 bits per heavy atom. The van der Waals surface area contributed by atoms with Crippen LogP contribution in [0.15, 0.2) is 40.2 Å². The molecular weight excluding hydrogens is 284 g/mol. The summed E-state index contributed by atoms with van der Waals surface area (Å²) in [5.41, 5.74) is 7.96. The summed E-state index contributed by atoms with van der Waals surface area (Å²) in [6.45, 7) is 1.70. The molecular formula is C12H13BrN2S. The van der Waals surface area contributed by atoms with E-state index in [-0.39, 0.29) is 0 Å². The van der Waals surface area contributed by atoms with Crippen LogP contribution < -0.4 is 11.1 Å². The lowest BCUT2D eigenvalue weighted by Gasteiger charge is -2.04. The van der Waals surface area contributed by atoms with E-state index in [0.717, 1.165) is 23.2 Å². The fourth-order valence-corrected chi connectivity index (χ4v) is 2.45. The molecule has 0 bridgehead atoms. The average molecular weight is 297 g/mol. The van der Waals surface area contributed by atoms with Crippen molar-refractivity contribution in [3.05, 3.63) is 50.6 Å². The summed E-state index contributed by atoms with van der Waals surface area (Å²) in [7, 11) is 0. The Bertz CT molecular complexity index is 450. The van der Waals surface area contributed by atoms with Gasteiger partial charge in [-0.25, -0.2) is 0 Å². The summed E-state index contributed by atoms with van der Waals surface area (Å²) in [6.07, 6.45) is 0. The van der Waals surface area contributed by atoms with Crippen LogP contribution in [0.1, 0.15) is 10.4 Å². The largest absolute Gasteiger partial charge is 0.398 e. The highest BCUT2D eigenvalue weighted by atomic mass is 79.9. The van der Waals surface area contributed by atoms with Crippen LogP contribution in [0.2, 0.25) is 0 Å². The second kappa shape index (κ2) is 5.48. The van der Waals surface area contributed by atoms with Crippen LogP contribution in [0.4, 0.5) is 5.69 Å². The van der Waals surface area contributed by atoms with Gasteiger partial charge in [-0.3, -0.25) is 0 Å². The van der Waals surface area contributed by atoms with Gasteiger partial charge in [0.1, 0.15) is 0 Å². The number of hydrogen-bond donors (Lipinski definition) is 2. The second-order valence-corrected chi connectivity index (χ2v) is 5.45. The van der Waals surface area contributed by atoms with E-state index < -0.39 is 0 Å². The predicted octanol–water partition coefficient (Wildman–Crippen LogP) is 3.38. The van der Waals surface area contributed by atoms with E-state index in [4.69, 9.17) is 5.73 Å². The lowest BCUT2D eigenvalue weighted by Crippen LogP contribution is -2.12. The first kappa shape index (κ1) is 11.6. The third kappa shape index (κ3) is 3.07. The Balaban J connectivity index is 1.84. The summed E-state index contributed by atoms with van der Waals surface area (Å²) in [5, 5.41) is 5.40. The number of nitrogens with two attached hydrogens (primary N) is 1. The molecule has 0 aliphatic heterocycles. The fourth-order valence-electron chi connectivity index (χ4n) is 1.42. The fraction of sp³-hybridized carbons (Fsp3) is 0.167. The molecule has 0 fully saturated rings. The smallest absolute Gasteiger partial charge is 0.0468 e. The molecule has 2 rings (SSSR count). The third-order valence-corrected chi connectivity index (χ3v) is 3.77. The van der Waals surface area contributed by atoms with E-state index in [0.29, 0.717) is 0 Å². The molecule has 0 aliphatic rings. The Morgan fingerprint density at radius 2 is 1.88 bits per heavy atom. The van der Waals surface area contributed by atoms with Crippen LogP contribution in [0.3, 0.4) is 0 Å². The van der Waals surface area contributed by atoms with Gasteiger partial charge in [-0.1, -0.05) is 28.1 Å². The lowest BCUT2D eigenvalue weighted by atomic mass is 10.2. The molecule has 0 unspecified atom stereocenters. The van der Waals surface area contributed by atoms with E-state index in [1.807, 2.05) is 11.4 Å². The number of hydrogen-bond acceptors (Lipinski definition) is 3. The molecule has 0 saturated heterocycles. The number of nitrogen functional groups attached to an aromatic ring is 1. The first-order chi connectivity index (χ1) is 7.75. The summed E-state index contributed by atoms with van der Waals surface area (Å²) in [4.78, 5) is 1.21. The van der Waals surface area contributed by atoms with Crippen LogP contribution in [0.5, 0.6) is 0 Å². The Hall–Kier alpha value is -0.840. The van der Waals surface area contributed by atoms with E-state index >= 15 is 0 Å². The maximum absolute atomic E-state index is 5.80. The molecule has 1 heterocycles. The van der Waals surface area contributed by atoms with Gasteiger partial charge in [0.05, 0.1) is 0 Å². The van der Waals surface area contributed by atoms with Gasteiger partial charge in [-0.15, -0.1) is 11.3 Å². The van der Waals surface area contributed by atoms with Gasteiger partial charge in [0.15, 0.2) is 0 Å². The predicted molar refractivity (Wildman–Crippen MR) is 73.4 cm³/mol. The number of halogens is 1. The van der Waals surface area contributed by atoms with E-state index in [1.54, 1.807) is 11.3 Å². The maximum atomic E-state index is 5.80. The Morgan fingerprint density at radius 1 is 1.12 bits per heavy atom. The molecule has 0 aliphatic carbocycles. The zero-order valence-electron chi connectivity index (χ0n) is 8.74. The number of nitrogens with one attached hydrogen (secondary N) is 1. The van der Waals surface area contributed by atoms with E-state index in [9.17, 15) is 0 Å². The van der Waals surface area contributed by atoms with Crippen molar-refractivity contribution in [2.75, 3.05) is 5.73 Å². The van der Waals surface area contributed by atoms with Crippen LogP contribution in [-0.2, 0) is 13.1 Å². The molecule has 2 aromatic rings. The van der Waals surface area contributed by atoms with Crippen LogP contribution in [-0.4, -0.2) is 0 Å². The number of rotatable bonds is 4. The molecule has 0 saturated carbocycles. The zero-order valence-corrected chi connectivity index (χ0v) is 11.1. The summed E-state index contributed by atoms with van der Waals surface area (Å²) >= 11 is 5.11. The molecule has 3 N–H and O–H groups in total. The van der Waals surface area contributed by atoms with Gasteiger partial charge in [0.2, 0.25) is 0 Å². The highest BCUT2D eigenvalue weighted by molar-refractivity contribution is 9.10. The van der Waals surface area contributed by atoms with E-state index in [2.05, 4.69) is 45.5 Å². The topological polar surface area (TPSA) is 38.0 Å². The molecule has 84 valence electrons. The molecule has 0 radical (unpaired) electrons. The van der Waals surface area contributed by atoms with Crippen molar-refractivity contribution in [3.8, 4) is 0 Å². The van der Waals surface area contributed by atoms with Crippen LogP contribution in [0.25, 0.3) is 0 Å². The van der Waals surface area contributed by atoms with Crippen molar-refractivity contribution >= 4 is 33.0 Å². The zero-order chi connectivity index (χ0) is 11.4. The monoisotopic (exact) mass is 296 g/mol. The van der Waals surface area contributed by atoms with Crippen molar-refractivity contribution in [2.24, 2.45) is 0 Å². The normalized spacial score (nSPS) is 10.6. The van der Waals surface area contributed by atoms with Gasteiger partial charge in [-0.05, 0) is 29.1 Å². The standard InChI is InChI=1S/C12H13BrN2S/c13-10-3-1-9(2-4-10)7-15-8-12-11(14)5-6-16-12/h1-6,15H,7-8,14H2. The first-order valence-electron chi connectivity index (χ1n) is 5.03. The first-order valence-corrected chi connectivity index (χ1v) is 6.70. The molecule has 0 amide bonds. The Labute approximate surface area is 108 Å². The molecule has 1 aromatic heterocycles. The van der Waals surface area contributed by atoms with Gasteiger partial charge in [0, 0.05) is 28.1 Å². The average Bonchev–Trinajstić information content (AvgIpc) is 2.68. The minimum Gasteiger partial charge on any atom is -0.398 e. The number of anilines is 1. The molecule has 16 heavy (non-hydrogen) atoms. The lowest BCUT2D eigenvalue weighted by molar-refractivity contribution is 0.702.